The lowest BCUT2D eigenvalue weighted by Gasteiger charge is -2.20. The van der Waals surface area contributed by atoms with E-state index in [9.17, 15) is 9.59 Å². The molecular formula is C20H29NO5. The van der Waals surface area contributed by atoms with E-state index in [2.05, 4.69) is 11.7 Å². The summed E-state index contributed by atoms with van der Waals surface area (Å²) in [5.74, 6) is 0.872. The van der Waals surface area contributed by atoms with Crippen molar-refractivity contribution in [1.29, 1.82) is 0 Å². The number of carbonyl (C=O) groups excluding carboxylic acids is 2. The monoisotopic (exact) mass is 363 g/mol. The van der Waals surface area contributed by atoms with Gasteiger partial charge < -0.3 is 19.1 Å². The summed E-state index contributed by atoms with van der Waals surface area (Å²) in [6.45, 7) is 3.06. The molecule has 0 aromatic heterocycles. The molecule has 0 unspecified atom stereocenters. The number of amides is 1. The Morgan fingerprint density at radius 1 is 1.08 bits per heavy atom. The zero-order chi connectivity index (χ0) is 19.4. The van der Waals surface area contributed by atoms with Gasteiger partial charge in [-0.15, -0.1) is 0 Å². The molecule has 1 amide bonds. The third-order valence-corrected chi connectivity index (χ3v) is 4.00. The molecule has 1 rings (SSSR count). The highest BCUT2D eigenvalue weighted by molar-refractivity contribution is 5.92. The number of esters is 1. The lowest BCUT2D eigenvalue weighted by Crippen LogP contribution is -2.32. The minimum Gasteiger partial charge on any atom is -0.497 e. The van der Waals surface area contributed by atoms with Gasteiger partial charge in [0.2, 0.25) is 5.91 Å². The predicted molar refractivity (Wildman–Crippen MR) is 101 cm³/mol. The van der Waals surface area contributed by atoms with E-state index >= 15 is 0 Å². The highest BCUT2D eigenvalue weighted by Crippen LogP contribution is 2.25. The van der Waals surface area contributed by atoms with E-state index in [1.54, 1.807) is 43.4 Å². The van der Waals surface area contributed by atoms with Crippen molar-refractivity contribution in [3.63, 3.8) is 0 Å². The van der Waals surface area contributed by atoms with Gasteiger partial charge in [-0.1, -0.05) is 19.8 Å². The van der Waals surface area contributed by atoms with E-state index in [1.807, 2.05) is 0 Å². The highest BCUT2D eigenvalue weighted by Gasteiger charge is 2.13. The maximum atomic E-state index is 12.6. The SMILES string of the molecule is CCCCCN(CCC(=O)OC)C(=O)/C=C/c1cc(OC)ccc1OC. The molecule has 26 heavy (non-hydrogen) atoms. The Morgan fingerprint density at radius 3 is 2.46 bits per heavy atom. The average molecular weight is 363 g/mol. The van der Waals surface area contributed by atoms with Crippen LogP contribution in [0.25, 0.3) is 6.08 Å². The van der Waals surface area contributed by atoms with Crippen molar-refractivity contribution in [2.45, 2.75) is 32.6 Å². The number of carbonyl (C=O) groups is 2. The van der Waals surface area contributed by atoms with Crippen molar-refractivity contribution in [3.8, 4) is 11.5 Å². The van der Waals surface area contributed by atoms with Gasteiger partial charge in [0, 0.05) is 24.7 Å². The number of hydrogen-bond donors (Lipinski definition) is 0. The summed E-state index contributed by atoms with van der Waals surface area (Å²) in [7, 11) is 4.51. The Balaban J connectivity index is 2.85. The lowest BCUT2D eigenvalue weighted by atomic mass is 10.1. The van der Waals surface area contributed by atoms with Crippen molar-refractivity contribution in [3.05, 3.63) is 29.8 Å². The molecule has 0 aliphatic carbocycles. The topological polar surface area (TPSA) is 65.1 Å². The van der Waals surface area contributed by atoms with Gasteiger partial charge in [-0.3, -0.25) is 9.59 Å². The fourth-order valence-electron chi connectivity index (χ4n) is 2.45. The van der Waals surface area contributed by atoms with E-state index in [0.29, 0.717) is 24.6 Å². The van der Waals surface area contributed by atoms with E-state index in [4.69, 9.17) is 9.47 Å². The Labute approximate surface area is 155 Å². The van der Waals surface area contributed by atoms with Crippen LogP contribution in [-0.2, 0) is 14.3 Å². The number of hydrogen-bond acceptors (Lipinski definition) is 5. The maximum absolute atomic E-state index is 12.6. The van der Waals surface area contributed by atoms with Crippen LogP contribution in [0.1, 0.15) is 38.2 Å². The van der Waals surface area contributed by atoms with E-state index in [0.717, 1.165) is 24.8 Å². The molecule has 1 aromatic rings. The molecule has 0 saturated carbocycles. The molecule has 6 heteroatoms. The summed E-state index contributed by atoms with van der Waals surface area (Å²) in [6.07, 6.45) is 6.39. The standard InChI is InChI=1S/C20H29NO5/c1-5-6-7-13-21(14-12-20(23)26-4)19(22)11-8-16-15-17(24-2)9-10-18(16)25-3/h8-11,15H,5-7,12-14H2,1-4H3/b11-8+. The van der Waals surface area contributed by atoms with Gasteiger partial charge in [-0.25, -0.2) is 0 Å². The van der Waals surface area contributed by atoms with Crippen LogP contribution >= 0.6 is 0 Å². The van der Waals surface area contributed by atoms with Crippen LogP contribution in [0, 0.1) is 0 Å². The Kier molecular flexibility index (Phi) is 9.90. The first kappa shape index (κ1) is 21.5. The molecule has 0 bridgehead atoms. The van der Waals surface area contributed by atoms with Crippen molar-refractivity contribution in [1.82, 2.24) is 4.90 Å². The van der Waals surface area contributed by atoms with Crippen molar-refractivity contribution >= 4 is 18.0 Å². The van der Waals surface area contributed by atoms with Crippen LogP contribution in [0.5, 0.6) is 11.5 Å². The molecule has 0 N–H and O–H groups in total. The van der Waals surface area contributed by atoms with Crippen LogP contribution in [0.4, 0.5) is 0 Å². The van der Waals surface area contributed by atoms with E-state index in [-0.39, 0.29) is 18.3 Å². The summed E-state index contributed by atoms with van der Waals surface area (Å²) in [5.41, 5.74) is 0.752. The largest absolute Gasteiger partial charge is 0.497 e. The van der Waals surface area contributed by atoms with Crippen molar-refractivity contribution < 1.29 is 23.8 Å². The van der Waals surface area contributed by atoms with E-state index in [1.165, 1.54) is 13.2 Å². The smallest absolute Gasteiger partial charge is 0.307 e. The molecule has 0 spiro atoms. The first-order valence-corrected chi connectivity index (χ1v) is 8.81. The lowest BCUT2D eigenvalue weighted by molar-refractivity contribution is -0.141. The molecule has 0 aliphatic heterocycles. The predicted octanol–water partition coefficient (Wildman–Crippen LogP) is 3.30. The Bertz CT molecular complexity index is 612. The van der Waals surface area contributed by atoms with Crippen molar-refractivity contribution in [2.24, 2.45) is 0 Å². The second-order valence-electron chi connectivity index (χ2n) is 5.80. The molecule has 0 saturated heterocycles. The second kappa shape index (κ2) is 12.0. The van der Waals surface area contributed by atoms with Gasteiger partial charge in [-0.05, 0) is 30.7 Å². The number of nitrogens with zero attached hydrogens (tertiary/aromatic N) is 1. The number of benzene rings is 1. The Hall–Kier alpha value is -2.50. The van der Waals surface area contributed by atoms with Gasteiger partial charge >= 0.3 is 5.97 Å². The molecule has 6 nitrogen and oxygen atoms in total. The van der Waals surface area contributed by atoms with Crippen LogP contribution in [0.3, 0.4) is 0 Å². The highest BCUT2D eigenvalue weighted by atomic mass is 16.5. The average Bonchev–Trinajstić information content (AvgIpc) is 2.67. The molecule has 0 aliphatic rings. The minimum atomic E-state index is -0.322. The summed E-state index contributed by atoms with van der Waals surface area (Å²) in [4.78, 5) is 25.7. The molecule has 0 heterocycles. The van der Waals surface area contributed by atoms with Gasteiger partial charge in [0.15, 0.2) is 0 Å². The van der Waals surface area contributed by atoms with Crippen LogP contribution in [0.15, 0.2) is 24.3 Å². The number of methoxy groups -OCH3 is 3. The van der Waals surface area contributed by atoms with Gasteiger partial charge in [0.05, 0.1) is 27.8 Å². The van der Waals surface area contributed by atoms with Gasteiger partial charge in [0.1, 0.15) is 11.5 Å². The van der Waals surface area contributed by atoms with Crippen LogP contribution < -0.4 is 9.47 Å². The first-order valence-electron chi connectivity index (χ1n) is 8.81. The summed E-state index contributed by atoms with van der Waals surface area (Å²) in [6, 6.07) is 5.39. The van der Waals surface area contributed by atoms with Crippen molar-refractivity contribution in [2.75, 3.05) is 34.4 Å². The van der Waals surface area contributed by atoms with Crippen LogP contribution in [-0.4, -0.2) is 51.2 Å². The van der Waals surface area contributed by atoms with E-state index < -0.39 is 0 Å². The minimum absolute atomic E-state index is 0.144. The second-order valence-corrected chi connectivity index (χ2v) is 5.80. The summed E-state index contributed by atoms with van der Waals surface area (Å²) < 4.78 is 15.2. The summed E-state index contributed by atoms with van der Waals surface area (Å²) >= 11 is 0. The maximum Gasteiger partial charge on any atom is 0.307 e. The first-order chi connectivity index (χ1) is 12.5. The van der Waals surface area contributed by atoms with Gasteiger partial charge in [0.25, 0.3) is 0 Å². The zero-order valence-electron chi connectivity index (χ0n) is 16.1. The number of unbranched alkanes of at least 4 members (excludes halogenated alkanes) is 2. The molecule has 0 atom stereocenters. The van der Waals surface area contributed by atoms with Gasteiger partial charge in [-0.2, -0.15) is 0 Å². The molecular weight excluding hydrogens is 334 g/mol. The number of rotatable bonds is 11. The zero-order valence-corrected chi connectivity index (χ0v) is 16.1. The normalized spacial score (nSPS) is 10.6. The molecule has 144 valence electrons. The fraction of sp³-hybridized carbons (Fsp3) is 0.500. The summed E-state index contributed by atoms with van der Waals surface area (Å²) in [5, 5.41) is 0. The third kappa shape index (κ3) is 7.17. The molecule has 1 aromatic carbocycles. The quantitative estimate of drug-likeness (QED) is 0.343. The molecule has 0 fully saturated rings. The third-order valence-electron chi connectivity index (χ3n) is 4.00. The fourth-order valence-corrected chi connectivity index (χ4v) is 2.45. The number of ether oxygens (including phenoxy) is 3. The molecule has 0 radical (unpaired) electrons. The Morgan fingerprint density at radius 2 is 1.85 bits per heavy atom. The van der Waals surface area contributed by atoms with Crippen LogP contribution in [0.2, 0.25) is 0 Å².